The third kappa shape index (κ3) is 2.62. The number of carbonyl (C=O) groups excluding carboxylic acids is 1. The van der Waals surface area contributed by atoms with Crippen molar-refractivity contribution < 1.29 is 9.53 Å². The van der Waals surface area contributed by atoms with Gasteiger partial charge in [-0.05, 0) is 50.9 Å². The summed E-state index contributed by atoms with van der Waals surface area (Å²) in [6, 6.07) is 0. The maximum atomic E-state index is 11.7. The minimum Gasteiger partial charge on any atom is -0.462 e. The van der Waals surface area contributed by atoms with Crippen LogP contribution in [0.1, 0.15) is 48.7 Å². The number of aromatic nitrogens is 2. The molecule has 2 aliphatic carbocycles. The van der Waals surface area contributed by atoms with Crippen molar-refractivity contribution in [1.82, 2.24) is 9.97 Å². The minimum atomic E-state index is -0.354. The second kappa shape index (κ2) is 5.04. The van der Waals surface area contributed by atoms with Crippen LogP contribution < -0.4 is 5.32 Å². The zero-order valence-corrected chi connectivity index (χ0v) is 12.1. The van der Waals surface area contributed by atoms with E-state index in [4.69, 9.17) is 4.74 Å². The van der Waals surface area contributed by atoms with E-state index in [1.807, 2.05) is 6.92 Å². The maximum absolute atomic E-state index is 11.7. The number of rotatable bonds is 6. The number of carbonyl (C=O) groups is 1. The molecule has 1 heterocycles. The molecule has 0 bridgehead atoms. The summed E-state index contributed by atoms with van der Waals surface area (Å²) in [4.78, 5) is 20.3. The Morgan fingerprint density at radius 1 is 1.50 bits per heavy atom. The van der Waals surface area contributed by atoms with Crippen LogP contribution in [0.2, 0.25) is 0 Å². The number of nitrogens with zero attached hydrogens (tertiary/aromatic N) is 2. The SMILES string of the molecule is CCOC(=O)c1cnc(NCC2(C3CC3)CC2)nc1C. The Balaban J connectivity index is 1.63. The third-order valence-corrected chi connectivity index (χ3v) is 4.41. The topological polar surface area (TPSA) is 64.1 Å². The van der Waals surface area contributed by atoms with Crippen molar-refractivity contribution >= 4 is 11.9 Å². The van der Waals surface area contributed by atoms with E-state index in [2.05, 4.69) is 15.3 Å². The van der Waals surface area contributed by atoms with Crippen LogP contribution in [0.3, 0.4) is 0 Å². The fourth-order valence-electron chi connectivity index (χ4n) is 2.80. The Kier molecular flexibility index (Phi) is 3.36. The van der Waals surface area contributed by atoms with Gasteiger partial charge in [0.2, 0.25) is 5.95 Å². The number of esters is 1. The van der Waals surface area contributed by atoms with Crippen molar-refractivity contribution in [2.24, 2.45) is 11.3 Å². The van der Waals surface area contributed by atoms with Crippen molar-refractivity contribution in [2.45, 2.75) is 39.5 Å². The molecule has 0 unspecified atom stereocenters. The van der Waals surface area contributed by atoms with E-state index in [9.17, 15) is 4.79 Å². The standard InChI is InChI=1S/C15H21N3O2/c1-3-20-13(19)12-8-16-14(18-10(12)2)17-9-15(6-7-15)11-4-5-11/h8,11H,3-7,9H2,1-2H3,(H,16,17,18). The summed E-state index contributed by atoms with van der Waals surface area (Å²) in [5, 5.41) is 3.33. The molecule has 0 aliphatic heterocycles. The fraction of sp³-hybridized carbons (Fsp3) is 0.667. The van der Waals surface area contributed by atoms with Crippen LogP contribution in [-0.2, 0) is 4.74 Å². The number of ether oxygens (including phenoxy) is 1. The summed E-state index contributed by atoms with van der Waals surface area (Å²) in [6.07, 6.45) is 6.96. The van der Waals surface area contributed by atoms with E-state index < -0.39 is 0 Å². The summed E-state index contributed by atoms with van der Waals surface area (Å²) in [7, 11) is 0. The second-order valence-electron chi connectivity index (χ2n) is 5.90. The summed E-state index contributed by atoms with van der Waals surface area (Å²) in [6.45, 7) is 4.92. The van der Waals surface area contributed by atoms with Crippen molar-refractivity contribution in [3.8, 4) is 0 Å². The normalized spacial score (nSPS) is 19.5. The number of hydrogen-bond donors (Lipinski definition) is 1. The molecule has 3 rings (SSSR count). The third-order valence-electron chi connectivity index (χ3n) is 4.41. The van der Waals surface area contributed by atoms with Gasteiger partial charge in [0.05, 0.1) is 17.9 Å². The average molecular weight is 275 g/mol. The van der Waals surface area contributed by atoms with Crippen LogP contribution >= 0.6 is 0 Å². The molecule has 0 atom stereocenters. The number of nitrogens with one attached hydrogen (secondary N) is 1. The molecule has 5 heteroatoms. The molecule has 108 valence electrons. The molecule has 2 fully saturated rings. The molecule has 20 heavy (non-hydrogen) atoms. The molecule has 1 N–H and O–H groups in total. The van der Waals surface area contributed by atoms with Crippen LogP contribution in [0, 0.1) is 18.3 Å². The van der Waals surface area contributed by atoms with Gasteiger partial charge in [-0.15, -0.1) is 0 Å². The van der Waals surface area contributed by atoms with Crippen molar-refractivity contribution in [3.05, 3.63) is 17.5 Å². The van der Waals surface area contributed by atoms with Gasteiger partial charge in [-0.1, -0.05) is 0 Å². The molecule has 2 saturated carbocycles. The highest BCUT2D eigenvalue weighted by Gasteiger charge is 2.53. The van der Waals surface area contributed by atoms with Crippen LogP contribution in [0.25, 0.3) is 0 Å². The number of hydrogen-bond acceptors (Lipinski definition) is 5. The Bertz CT molecular complexity index is 522. The zero-order chi connectivity index (χ0) is 14.2. The Labute approximate surface area is 119 Å². The molecular weight excluding hydrogens is 254 g/mol. The van der Waals surface area contributed by atoms with E-state index >= 15 is 0 Å². The lowest BCUT2D eigenvalue weighted by Gasteiger charge is -2.15. The molecule has 0 spiro atoms. The molecule has 2 aliphatic rings. The quantitative estimate of drug-likeness (QED) is 0.808. The Hall–Kier alpha value is -1.65. The molecule has 0 amide bonds. The lowest BCUT2D eigenvalue weighted by atomic mass is 10.0. The van der Waals surface area contributed by atoms with Gasteiger partial charge < -0.3 is 10.1 Å². The van der Waals surface area contributed by atoms with E-state index in [0.29, 0.717) is 29.2 Å². The van der Waals surface area contributed by atoms with Crippen molar-refractivity contribution in [2.75, 3.05) is 18.5 Å². The van der Waals surface area contributed by atoms with Gasteiger partial charge in [0.15, 0.2) is 0 Å². The van der Waals surface area contributed by atoms with Gasteiger partial charge in [0.1, 0.15) is 0 Å². The highest BCUT2D eigenvalue weighted by Crippen LogP contribution is 2.61. The van der Waals surface area contributed by atoms with E-state index in [0.717, 1.165) is 12.5 Å². The second-order valence-corrected chi connectivity index (χ2v) is 5.90. The first-order valence-electron chi connectivity index (χ1n) is 7.39. The lowest BCUT2D eigenvalue weighted by molar-refractivity contribution is 0.0524. The zero-order valence-electron chi connectivity index (χ0n) is 12.1. The molecule has 0 saturated heterocycles. The maximum Gasteiger partial charge on any atom is 0.341 e. The minimum absolute atomic E-state index is 0.354. The summed E-state index contributed by atoms with van der Waals surface area (Å²) < 4.78 is 4.97. The Morgan fingerprint density at radius 3 is 2.80 bits per heavy atom. The first kappa shape index (κ1) is 13.3. The summed E-state index contributed by atoms with van der Waals surface area (Å²) >= 11 is 0. The van der Waals surface area contributed by atoms with Gasteiger partial charge in [0, 0.05) is 12.7 Å². The summed E-state index contributed by atoms with van der Waals surface area (Å²) in [5.41, 5.74) is 1.62. The average Bonchev–Trinajstić information content (AvgIpc) is 3.27. The predicted octanol–water partition coefficient (Wildman–Crippen LogP) is 2.56. The van der Waals surface area contributed by atoms with Crippen LogP contribution in [0.5, 0.6) is 0 Å². The monoisotopic (exact) mass is 275 g/mol. The van der Waals surface area contributed by atoms with E-state index in [1.165, 1.54) is 25.7 Å². The lowest BCUT2D eigenvalue weighted by Crippen LogP contribution is -2.19. The molecular formula is C15H21N3O2. The molecule has 0 radical (unpaired) electrons. The van der Waals surface area contributed by atoms with Crippen LogP contribution in [-0.4, -0.2) is 29.1 Å². The highest BCUT2D eigenvalue weighted by atomic mass is 16.5. The van der Waals surface area contributed by atoms with Gasteiger partial charge >= 0.3 is 5.97 Å². The van der Waals surface area contributed by atoms with Gasteiger partial charge in [-0.3, -0.25) is 0 Å². The van der Waals surface area contributed by atoms with Crippen molar-refractivity contribution in [3.63, 3.8) is 0 Å². The predicted molar refractivity (Wildman–Crippen MR) is 75.6 cm³/mol. The first-order chi connectivity index (χ1) is 9.64. The van der Waals surface area contributed by atoms with Gasteiger partial charge in [-0.2, -0.15) is 0 Å². The Morgan fingerprint density at radius 2 is 2.25 bits per heavy atom. The van der Waals surface area contributed by atoms with Crippen molar-refractivity contribution in [1.29, 1.82) is 0 Å². The summed E-state index contributed by atoms with van der Waals surface area (Å²) in [5.74, 6) is 1.17. The van der Waals surface area contributed by atoms with E-state index in [-0.39, 0.29) is 5.97 Å². The van der Waals surface area contributed by atoms with Gasteiger partial charge in [0.25, 0.3) is 0 Å². The van der Waals surface area contributed by atoms with Crippen LogP contribution in [0.15, 0.2) is 6.20 Å². The fourth-order valence-corrected chi connectivity index (χ4v) is 2.80. The number of anilines is 1. The number of aryl methyl sites for hydroxylation is 1. The first-order valence-corrected chi connectivity index (χ1v) is 7.39. The smallest absolute Gasteiger partial charge is 0.341 e. The van der Waals surface area contributed by atoms with E-state index in [1.54, 1.807) is 13.1 Å². The highest BCUT2D eigenvalue weighted by molar-refractivity contribution is 5.90. The molecule has 1 aromatic rings. The largest absolute Gasteiger partial charge is 0.462 e. The molecule has 5 nitrogen and oxygen atoms in total. The molecule has 0 aromatic carbocycles. The van der Waals surface area contributed by atoms with Gasteiger partial charge in [-0.25, -0.2) is 14.8 Å². The van der Waals surface area contributed by atoms with Crippen LogP contribution in [0.4, 0.5) is 5.95 Å². The molecule has 1 aromatic heterocycles.